The molecule has 0 radical (unpaired) electrons. The smallest absolute Gasteiger partial charge is 0.119 e. The van der Waals surface area contributed by atoms with Crippen molar-refractivity contribution in [3.8, 4) is 5.75 Å². The van der Waals surface area contributed by atoms with E-state index in [-0.39, 0.29) is 6.10 Å². The molecule has 0 aromatic heterocycles. The van der Waals surface area contributed by atoms with E-state index in [1.807, 2.05) is 30.3 Å². The molecular weight excluding hydrogens is 458 g/mol. The monoisotopic (exact) mass is 493 g/mol. The number of rotatable bonds is 10. The highest BCUT2D eigenvalue weighted by Gasteiger charge is 2.42. The van der Waals surface area contributed by atoms with Crippen LogP contribution in [0.25, 0.3) is 10.8 Å². The summed E-state index contributed by atoms with van der Waals surface area (Å²) < 4.78 is 18.2. The molecule has 4 heteroatoms. The van der Waals surface area contributed by atoms with E-state index in [1.165, 1.54) is 40.3 Å². The third-order valence-electron chi connectivity index (χ3n) is 7.78. The molecule has 1 N–H and O–H groups in total. The summed E-state index contributed by atoms with van der Waals surface area (Å²) in [4.78, 5) is 0. The van der Waals surface area contributed by atoms with Crippen molar-refractivity contribution in [2.45, 2.75) is 56.6 Å². The van der Waals surface area contributed by atoms with Gasteiger partial charge in [-0.25, -0.2) is 0 Å². The molecule has 2 bridgehead atoms. The SMILES string of the molecule is c1ccc(OCCOCc2ccc(C3CC4CCC(N4)C3OCc3ccc4ccccc4c3)cc2)cc1. The molecule has 2 aliphatic rings. The van der Waals surface area contributed by atoms with Crippen molar-refractivity contribution in [1.82, 2.24) is 5.32 Å². The second kappa shape index (κ2) is 11.5. The van der Waals surface area contributed by atoms with E-state index < -0.39 is 0 Å². The second-order valence-corrected chi connectivity index (χ2v) is 10.3. The van der Waals surface area contributed by atoms with Crippen LogP contribution in [0.1, 0.15) is 41.9 Å². The molecule has 4 aromatic carbocycles. The summed E-state index contributed by atoms with van der Waals surface area (Å²) in [6.45, 7) is 2.36. The average Bonchev–Trinajstić information content (AvgIpc) is 3.34. The van der Waals surface area contributed by atoms with Crippen LogP contribution >= 0.6 is 0 Å². The summed E-state index contributed by atoms with van der Waals surface area (Å²) in [5.41, 5.74) is 3.80. The maximum absolute atomic E-state index is 6.67. The molecule has 0 amide bonds. The number of benzene rings is 4. The molecule has 4 unspecified atom stereocenters. The minimum Gasteiger partial charge on any atom is -0.491 e. The van der Waals surface area contributed by atoms with E-state index in [0.29, 0.717) is 44.4 Å². The molecular formula is C33H35NO3. The minimum absolute atomic E-state index is 0.183. The molecule has 2 aliphatic heterocycles. The summed E-state index contributed by atoms with van der Waals surface area (Å²) in [5.74, 6) is 1.29. The zero-order valence-corrected chi connectivity index (χ0v) is 21.2. The fourth-order valence-corrected chi connectivity index (χ4v) is 5.88. The van der Waals surface area contributed by atoms with Crippen LogP contribution < -0.4 is 10.1 Å². The summed E-state index contributed by atoms with van der Waals surface area (Å²) in [6, 6.07) is 35.0. The predicted molar refractivity (Wildman–Crippen MR) is 148 cm³/mol. The van der Waals surface area contributed by atoms with Crippen molar-refractivity contribution < 1.29 is 14.2 Å². The molecule has 4 aromatic rings. The molecule has 0 aliphatic carbocycles. The Morgan fingerprint density at radius 1 is 0.703 bits per heavy atom. The molecule has 2 heterocycles. The summed E-state index contributed by atoms with van der Waals surface area (Å²) in [6.07, 6.45) is 3.75. The van der Waals surface area contributed by atoms with E-state index in [2.05, 4.69) is 72.0 Å². The van der Waals surface area contributed by atoms with Crippen molar-refractivity contribution >= 4 is 10.8 Å². The number of fused-ring (bicyclic) bond motifs is 3. The van der Waals surface area contributed by atoms with Gasteiger partial charge in [0.05, 0.1) is 25.9 Å². The molecule has 6 rings (SSSR count). The Hall–Kier alpha value is -3.18. The highest BCUT2D eigenvalue weighted by atomic mass is 16.5. The minimum atomic E-state index is 0.183. The number of para-hydroxylation sites is 1. The predicted octanol–water partition coefficient (Wildman–Crippen LogP) is 6.63. The van der Waals surface area contributed by atoms with Gasteiger partial charge in [0, 0.05) is 18.0 Å². The van der Waals surface area contributed by atoms with Crippen LogP contribution in [0, 0.1) is 0 Å². The first-order valence-electron chi connectivity index (χ1n) is 13.5. The normalized spacial score (nSPS) is 22.8. The van der Waals surface area contributed by atoms with Crippen LogP contribution in [0.15, 0.2) is 97.1 Å². The Balaban J connectivity index is 1.06. The number of piperidine rings is 1. The molecule has 2 saturated heterocycles. The first-order valence-corrected chi connectivity index (χ1v) is 13.5. The van der Waals surface area contributed by atoms with E-state index in [4.69, 9.17) is 14.2 Å². The molecule has 0 spiro atoms. The molecule has 37 heavy (non-hydrogen) atoms. The van der Waals surface area contributed by atoms with Crippen LogP contribution in [0.2, 0.25) is 0 Å². The fourth-order valence-electron chi connectivity index (χ4n) is 5.88. The average molecular weight is 494 g/mol. The van der Waals surface area contributed by atoms with Crippen molar-refractivity contribution in [1.29, 1.82) is 0 Å². The molecule has 4 atom stereocenters. The van der Waals surface area contributed by atoms with Crippen molar-refractivity contribution in [3.63, 3.8) is 0 Å². The van der Waals surface area contributed by atoms with Gasteiger partial charge in [0.1, 0.15) is 12.4 Å². The summed E-state index contributed by atoms with van der Waals surface area (Å²) in [5, 5.41) is 6.36. The van der Waals surface area contributed by atoms with Crippen molar-refractivity contribution in [2.24, 2.45) is 0 Å². The van der Waals surface area contributed by atoms with Gasteiger partial charge in [-0.2, -0.15) is 0 Å². The van der Waals surface area contributed by atoms with Crippen LogP contribution in [-0.2, 0) is 22.7 Å². The van der Waals surface area contributed by atoms with Gasteiger partial charge in [-0.1, -0.05) is 78.9 Å². The van der Waals surface area contributed by atoms with Crippen LogP contribution in [0.4, 0.5) is 0 Å². The molecule has 4 nitrogen and oxygen atoms in total. The van der Waals surface area contributed by atoms with Crippen LogP contribution in [-0.4, -0.2) is 31.4 Å². The topological polar surface area (TPSA) is 39.7 Å². The maximum atomic E-state index is 6.67. The number of hydrogen-bond donors (Lipinski definition) is 1. The van der Waals surface area contributed by atoms with Crippen molar-refractivity contribution in [3.05, 3.63) is 114 Å². The van der Waals surface area contributed by atoms with E-state index in [9.17, 15) is 0 Å². The van der Waals surface area contributed by atoms with E-state index >= 15 is 0 Å². The highest BCUT2D eigenvalue weighted by Crippen LogP contribution is 2.39. The van der Waals surface area contributed by atoms with Gasteiger partial charge in [0.25, 0.3) is 0 Å². The lowest BCUT2D eigenvalue weighted by molar-refractivity contribution is -0.0133. The number of hydrogen-bond acceptors (Lipinski definition) is 4. The lowest BCUT2D eigenvalue weighted by Crippen LogP contribution is -2.49. The fraction of sp³-hybridized carbons (Fsp3) is 0.333. The molecule has 190 valence electrons. The van der Waals surface area contributed by atoms with E-state index in [1.54, 1.807) is 0 Å². The molecule has 0 saturated carbocycles. The third-order valence-corrected chi connectivity index (χ3v) is 7.78. The van der Waals surface area contributed by atoms with Gasteiger partial charge >= 0.3 is 0 Å². The Kier molecular flexibility index (Phi) is 7.50. The zero-order chi connectivity index (χ0) is 24.9. The standard InChI is InChI=1S/C33H35NO3/c1-2-8-30(9-3-1)36-19-18-35-22-24-10-14-27(15-11-24)31-21-29-16-17-32(34-29)33(31)37-23-25-12-13-26-6-4-5-7-28(26)20-25/h1-15,20,29,31-34H,16-19,21-23H2. The van der Waals surface area contributed by atoms with Crippen LogP contribution in [0.3, 0.4) is 0 Å². The van der Waals surface area contributed by atoms with Crippen molar-refractivity contribution in [2.75, 3.05) is 13.2 Å². The summed E-state index contributed by atoms with van der Waals surface area (Å²) in [7, 11) is 0. The van der Waals surface area contributed by atoms with Gasteiger partial charge in [0.15, 0.2) is 0 Å². The lowest BCUT2D eigenvalue weighted by atomic mass is 9.83. The first kappa shape index (κ1) is 24.2. The quantitative estimate of drug-likeness (QED) is 0.252. The lowest BCUT2D eigenvalue weighted by Gasteiger charge is -2.38. The van der Waals surface area contributed by atoms with Gasteiger partial charge in [-0.3, -0.25) is 0 Å². The second-order valence-electron chi connectivity index (χ2n) is 10.3. The Morgan fingerprint density at radius 2 is 1.49 bits per heavy atom. The Morgan fingerprint density at radius 3 is 2.35 bits per heavy atom. The Bertz CT molecular complexity index is 1290. The molecule has 2 fully saturated rings. The first-order chi connectivity index (χ1) is 18.3. The zero-order valence-electron chi connectivity index (χ0n) is 21.2. The van der Waals surface area contributed by atoms with Gasteiger partial charge in [-0.05, 0) is 64.9 Å². The third kappa shape index (κ3) is 5.88. The largest absolute Gasteiger partial charge is 0.491 e. The Labute approximate surface area is 219 Å². The number of nitrogens with one attached hydrogen (secondary N) is 1. The van der Waals surface area contributed by atoms with Gasteiger partial charge < -0.3 is 19.5 Å². The van der Waals surface area contributed by atoms with E-state index in [0.717, 1.165) is 12.2 Å². The maximum Gasteiger partial charge on any atom is 0.119 e. The van der Waals surface area contributed by atoms with Gasteiger partial charge in [0.2, 0.25) is 0 Å². The highest BCUT2D eigenvalue weighted by molar-refractivity contribution is 5.82. The summed E-state index contributed by atoms with van der Waals surface area (Å²) >= 11 is 0. The number of ether oxygens (including phenoxy) is 3. The van der Waals surface area contributed by atoms with Crippen LogP contribution in [0.5, 0.6) is 5.75 Å². The van der Waals surface area contributed by atoms with Gasteiger partial charge in [-0.15, -0.1) is 0 Å².